The zero-order valence-electron chi connectivity index (χ0n) is 6.99. The van der Waals surface area contributed by atoms with Crippen LogP contribution in [0.2, 0.25) is 0 Å². The first-order valence-electron chi connectivity index (χ1n) is 4.39. The molecule has 3 nitrogen and oxygen atoms in total. The molecule has 3 heteroatoms. The normalized spacial score (nSPS) is 29.1. The third-order valence-electron chi connectivity index (χ3n) is 2.65. The van der Waals surface area contributed by atoms with E-state index in [1.165, 1.54) is 0 Å². The van der Waals surface area contributed by atoms with E-state index >= 15 is 0 Å². The summed E-state index contributed by atoms with van der Waals surface area (Å²) in [5, 5.41) is 2.80. The number of benzene rings is 1. The number of amides is 1. The summed E-state index contributed by atoms with van der Waals surface area (Å²) in [6.45, 7) is 0. The van der Waals surface area contributed by atoms with E-state index in [-0.39, 0.29) is 18.1 Å². The van der Waals surface area contributed by atoms with Crippen molar-refractivity contribution >= 4 is 5.91 Å². The fourth-order valence-corrected chi connectivity index (χ4v) is 2.04. The number of hydrogen-bond acceptors (Lipinski definition) is 2. The van der Waals surface area contributed by atoms with Crippen LogP contribution < -0.4 is 10.1 Å². The predicted molar refractivity (Wildman–Crippen MR) is 46.4 cm³/mol. The van der Waals surface area contributed by atoms with E-state index in [9.17, 15) is 4.79 Å². The first kappa shape index (κ1) is 6.95. The van der Waals surface area contributed by atoms with Gasteiger partial charge in [-0.15, -0.1) is 0 Å². The Balaban J connectivity index is 2.06. The van der Waals surface area contributed by atoms with Crippen molar-refractivity contribution < 1.29 is 9.53 Å². The van der Waals surface area contributed by atoms with Crippen molar-refractivity contribution in [2.24, 2.45) is 0 Å². The fraction of sp³-hybridized carbons (Fsp3) is 0.300. The second kappa shape index (κ2) is 2.25. The highest BCUT2D eigenvalue weighted by atomic mass is 16.5. The van der Waals surface area contributed by atoms with Gasteiger partial charge in [-0.1, -0.05) is 18.2 Å². The van der Waals surface area contributed by atoms with Gasteiger partial charge < -0.3 is 10.1 Å². The number of nitrogens with one attached hydrogen (secondary N) is 1. The summed E-state index contributed by atoms with van der Waals surface area (Å²) < 4.78 is 5.57. The van der Waals surface area contributed by atoms with Gasteiger partial charge in [0.05, 0.1) is 5.92 Å². The van der Waals surface area contributed by atoms with Gasteiger partial charge >= 0.3 is 0 Å². The number of carbonyl (C=O) groups is 1. The van der Waals surface area contributed by atoms with E-state index in [0.717, 1.165) is 11.3 Å². The molecule has 0 radical (unpaired) electrons. The largest absolute Gasteiger partial charge is 0.470 e. The van der Waals surface area contributed by atoms with Crippen molar-refractivity contribution in [3.05, 3.63) is 29.8 Å². The van der Waals surface area contributed by atoms with Gasteiger partial charge in [0.2, 0.25) is 5.91 Å². The average molecular weight is 175 g/mol. The van der Waals surface area contributed by atoms with Crippen molar-refractivity contribution in [2.75, 3.05) is 0 Å². The van der Waals surface area contributed by atoms with Gasteiger partial charge in [0, 0.05) is 12.0 Å². The van der Waals surface area contributed by atoms with Crippen LogP contribution in [0.25, 0.3) is 0 Å². The monoisotopic (exact) mass is 175 g/mol. The molecule has 2 atom stereocenters. The lowest BCUT2D eigenvalue weighted by Gasteiger charge is -2.07. The van der Waals surface area contributed by atoms with E-state index in [4.69, 9.17) is 4.74 Å². The standard InChI is InChI=1S/C10H9NO2/c12-9-5-7-6-3-1-2-4-8(6)13-10(7)11-9/h1-4,7,10H,5H2,(H,11,12). The third-order valence-corrected chi connectivity index (χ3v) is 2.65. The molecule has 1 aromatic rings. The van der Waals surface area contributed by atoms with Crippen molar-refractivity contribution in [1.29, 1.82) is 0 Å². The van der Waals surface area contributed by atoms with Crippen LogP contribution >= 0.6 is 0 Å². The van der Waals surface area contributed by atoms with E-state index in [1.807, 2.05) is 24.3 Å². The minimum absolute atomic E-state index is 0.0875. The Bertz CT molecular complexity index is 375. The lowest BCUT2D eigenvalue weighted by atomic mass is 9.99. The molecule has 2 aliphatic rings. The molecule has 13 heavy (non-hydrogen) atoms. The summed E-state index contributed by atoms with van der Waals surface area (Å²) in [6, 6.07) is 7.90. The summed E-state index contributed by atoms with van der Waals surface area (Å²) in [4.78, 5) is 11.1. The molecule has 2 unspecified atom stereocenters. The summed E-state index contributed by atoms with van der Waals surface area (Å²) in [6.07, 6.45) is 0.437. The first-order chi connectivity index (χ1) is 6.34. The minimum Gasteiger partial charge on any atom is -0.470 e. The number of hydrogen-bond donors (Lipinski definition) is 1. The van der Waals surface area contributed by atoms with Gasteiger partial charge in [-0.3, -0.25) is 4.79 Å². The van der Waals surface area contributed by atoms with Crippen molar-refractivity contribution in [2.45, 2.75) is 18.6 Å². The Hall–Kier alpha value is -1.51. The third kappa shape index (κ3) is 0.869. The van der Waals surface area contributed by atoms with Crippen molar-refractivity contribution in [3.8, 4) is 5.75 Å². The molecule has 0 spiro atoms. The van der Waals surface area contributed by atoms with Gasteiger partial charge in [-0.2, -0.15) is 0 Å². The Morgan fingerprint density at radius 1 is 1.38 bits per heavy atom. The van der Waals surface area contributed by atoms with E-state index in [0.29, 0.717) is 6.42 Å². The van der Waals surface area contributed by atoms with E-state index in [2.05, 4.69) is 5.32 Å². The van der Waals surface area contributed by atoms with Crippen LogP contribution in [0.1, 0.15) is 17.9 Å². The van der Waals surface area contributed by atoms with Crippen LogP contribution in [-0.4, -0.2) is 12.1 Å². The minimum atomic E-state index is -0.120. The summed E-state index contributed by atoms with van der Waals surface area (Å²) >= 11 is 0. The van der Waals surface area contributed by atoms with Crippen molar-refractivity contribution in [1.82, 2.24) is 5.32 Å². The Kier molecular flexibility index (Phi) is 1.20. The maximum Gasteiger partial charge on any atom is 0.223 e. The summed E-state index contributed by atoms with van der Waals surface area (Å²) in [5.74, 6) is 1.23. The maximum atomic E-state index is 11.1. The second-order valence-corrected chi connectivity index (χ2v) is 3.45. The van der Waals surface area contributed by atoms with Crippen LogP contribution in [-0.2, 0) is 4.79 Å². The molecule has 1 amide bonds. The molecule has 0 aromatic heterocycles. The van der Waals surface area contributed by atoms with E-state index < -0.39 is 0 Å². The highest BCUT2D eigenvalue weighted by Gasteiger charge is 2.41. The van der Waals surface area contributed by atoms with Crippen LogP contribution in [0.5, 0.6) is 5.75 Å². The smallest absolute Gasteiger partial charge is 0.223 e. The number of carbonyl (C=O) groups excluding carboxylic acids is 1. The van der Waals surface area contributed by atoms with Crippen molar-refractivity contribution in [3.63, 3.8) is 0 Å². The molecule has 2 aliphatic heterocycles. The fourth-order valence-electron chi connectivity index (χ4n) is 2.04. The van der Waals surface area contributed by atoms with Gasteiger partial charge in [-0.05, 0) is 6.07 Å². The molecule has 1 fully saturated rings. The van der Waals surface area contributed by atoms with Gasteiger partial charge in [0.1, 0.15) is 5.75 Å². The molecule has 0 aliphatic carbocycles. The van der Waals surface area contributed by atoms with Gasteiger partial charge in [-0.25, -0.2) is 0 Å². The maximum absolute atomic E-state index is 11.1. The lowest BCUT2D eigenvalue weighted by molar-refractivity contribution is -0.120. The molecule has 1 aromatic carbocycles. The second-order valence-electron chi connectivity index (χ2n) is 3.45. The Morgan fingerprint density at radius 3 is 3.15 bits per heavy atom. The van der Waals surface area contributed by atoms with E-state index in [1.54, 1.807) is 0 Å². The summed E-state index contributed by atoms with van der Waals surface area (Å²) in [5.41, 5.74) is 1.16. The number of ether oxygens (including phenoxy) is 1. The molecular weight excluding hydrogens is 166 g/mol. The zero-order chi connectivity index (χ0) is 8.84. The first-order valence-corrected chi connectivity index (χ1v) is 4.39. The molecule has 0 saturated carbocycles. The lowest BCUT2D eigenvalue weighted by Crippen LogP contribution is -2.30. The van der Waals surface area contributed by atoms with Crippen LogP contribution in [0.4, 0.5) is 0 Å². The van der Waals surface area contributed by atoms with Crippen LogP contribution in [0.3, 0.4) is 0 Å². The molecule has 3 rings (SSSR count). The SMILES string of the molecule is O=C1CC2c3ccccc3OC2N1. The molecular formula is C10H9NO2. The molecule has 2 heterocycles. The number of rotatable bonds is 0. The average Bonchev–Trinajstić information content (AvgIpc) is 2.60. The molecule has 1 saturated heterocycles. The van der Waals surface area contributed by atoms with Gasteiger partial charge in [0.25, 0.3) is 0 Å². The topological polar surface area (TPSA) is 38.3 Å². The van der Waals surface area contributed by atoms with Gasteiger partial charge in [0.15, 0.2) is 6.23 Å². The molecule has 66 valence electrons. The number of fused-ring (bicyclic) bond motifs is 3. The molecule has 0 bridgehead atoms. The zero-order valence-corrected chi connectivity index (χ0v) is 6.99. The predicted octanol–water partition coefficient (Wildman–Crippen LogP) is 1.01. The van der Waals surface area contributed by atoms with Crippen LogP contribution in [0, 0.1) is 0 Å². The Labute approximate surface area is 75.7 Å². The Morgan fingerprint density at radius 2 is 2.23 bits per heavy atom. The number of para-hydroxylation sites is 1. The molecule has 1 N–H and O–H groups in total. The quantitative estimate of drug-likeness (QED) is 0.639. The van der Waals surface area contributed by atoms with Crippen LogP contribution in [0.15, 0.2) is 24.3 Å². The highest BCUT2D eigenvalue weighted by Crippen LogP contribution is 2.41. The highest BCUT2D eigenvalue weighted by molar-refractivity contribution is 5.80. The summed E-state index contributed by atoms with van der Waals surface area (Å²) in [7, 11) is 0.